The number of piperidine rings is 1. The first-order valence-electron chi connectivity index (χ1n) is 8.18. The minimum absolute atomic E-state index is 0.383. The van der Waals surface area contributed by atoms with Crippen LogP contribution in [-0.4, -0.2) is 48.0 Å². The molecule has 0 saturated carbocycles. The van der Waals surface area contributed by atoms with Crippen molar-refractivity contribution < 1.29 is 4.79 Å². The van der Waals surface area contributed by atoms with Crippen LogP contribution < -0.4 is 5.32 Å². The standard InChI is InChI=1S/C16H30N2OS/c1-12(2)15-11-18(7-8-20-15)16(19)9-13(3)14-5-4-6-17-10-14/h12-15,17H,4-11H2,1-3H3. The highest BCUT2D eigenvalue weighted by molar-refractivity contribution is 8.00. The van der Waals surface area contributed by atoms with Gasteiger partial charge in [0, 0.05) is 30.5 Å². The molecule has 0 aromatic rings. The van der Waals surface area contributed by atoms with E-state index >= 15 is 0 Å². The second-order valence-electron chi connectivity index (χ2n) is 6.78. The third-order valence-corrected chi connectivity index (χ3v) is 6.37. The Balaban J connectivity index is 1.81. The fraction of sp³-hybridized carbons (Fsp3) is 0.938. The molecule has 3 nitrogen and oxygen atoms in total. The molecule has 2 aliphatic heterocycles. The molecule has 0 aliphatic carbocycles. The molecule has 0 radical (unpaired) electrons. The van der Waals surface area contributed by atoms with Crippen LogP contribution in [0.15, 0.2) is 0 Å². The van der Waals surface area contributed by atoms with E-state index in [2.05, 4.69) is 31.0 Å². The summed E-state index contributed by atoms with van der Waals surface area (Å²) in [6.45, 7) is 10.9. The van der Waals surface area contributed by atoms with Crippen molar-refractivity contribution in [3.63, 3.8) is 0 Å². The van der Waals surface area contributed by atoms with Gasteiger partial charge in [-0.05, 0) is 43.7 Å². The van der Waals surface area contributed by atoms with Gasteiger partial charge in [0.15, 0.2) is 0 Å². The largest absolute Gasteiger partial charge is 0.341 e. The highest BCUT2D eigenvalue weighted by Crippen LogP contribution is 2.27. The Morgan fingerprint density at radius 1 is 1.40 bits per heavy atom. The van der Waals surface area contributed by atoms with Gasteiger partial charge in [0.25, 0.3) is 0 Å². The molecule has 1 N–H and O–H groups in total. The van der Waals surface area contributed by atoms with Crippen LogP contribution in [0.3, 0.4) is 0 Å². The van der Waals surface area contributed by atoms with Crippen molar-refractivity contribution >= 4 is 17.7 Å². The van der Waals surface area contributed by atoms with Gasteiger partial charge in [-0.25, -0.2) is 0 Å². The molecule has 20 heavy (non-hydrogen) atoms. The fourth-order valence-electron chi connectivity index (χ4n) is 3.24. The number of nitrogens with one attached hydrogen (secondary N) is 1. The summed E-state index contributed by atoms with van der Waals surface area (Å²) in [5, 5.41) is 4.09. The van der Waals surface area contributed by atoms with Gasteiger partial charge in [0.2, 0.25) is 5.91 Å². The van der Waals surface area contributed by atoms with Crippen LogP contribution >= 0.6 is 11.8 Å². The number of carbonyl (C=O) groups is 1. The van der Waals surface area contributed by atoms with Gasteiger partial charge in [-0.3, -0.25) is 4.79 Å². The van der Waals surface area contributed by atoms with Gasteiger partial charge in [-0.15, -0.1) is 0 Å². The molecule has 0 spiro atoms. The SMILES string of the molecule is CC(C)C1CN(C(=O)CC(C)C2CCCNC2)CCS1. The van der Waals surface area contributed by atoms with Gasteiger partial charge in [0.1, 0.15) is 0 Å². The van der Waals surface area contributed by atoms with E-state index in [0.29, 0.717) is 28.9 Å². The van der Waals surface area contributed by atoms with E-state index in [4.69, 9.17) is 0 Å². The van der Waals surface area contributed by atoms with E-state index in [9.17, 15) is 4.79 Å². The van der Waals surface area contributed by atoms with Crippen LogP contribution in [-0.2, 0) is 4.79 Å². The quantitative estimate of drug-likeness (QED) is 0.866. The van der Waals surface area contributed by atoms with Gasteiger partial charge in [-0.1, -0.05) is 20.8 Å². The zero-order chi connectivity index (χ0) is 14.5. The minimum atomic E-state index is 0.383. The van der Waals surface area contributed by atoms with Crippen LogP contribution in [0.1, 0.15) is 40.0 Å². The molecule has 2 saturated heterocycles. The van der Waals surface area contributed by atoms with E-state index < -0.39 is 0 Å². The Kier molecular flexibility index (Phi) is 6.21. The molecule has 1 amide bonds. The number of nitrogens with zero attached hydrogens (tertiary/aromatic N) is 1. The normalized spacial score (nSPS) is 29.5. The average molecular weight is 298 g/mol. The third kappa shape index (κ3) is 4.39. The van der Waals surface area contributed by atoms with Crippen molar-refractivity contribution in [2.24, 2.45) is 17.8 Å². The fourth-order valence-corrected chi connectivity index (χ4v) is 4.54. The summed E-state index contributed by atoms with van der Waals surface area (Å²) in [4.78, 5) is 14.6. The predicted molar refractivity (Wildman–Crippen MR) is 87.0 cm³/mol. The molecule has 2 aliphatic rings. The highest BCUT2D eigenvalue weighted by atomic mass is 32.2. The van der Waals surface area contributed by atoms with Crippen molar-refractivity contribution in [1.29, 1.82) is 0 Å². The molecule has 3 unspecified atom stereocenters. The molecule has 2 fully saturated rings. The van der Waals surface area contributed by atoms with Crippen molar-refractivity contribution in [2.75, 3.05) is 31.9 Å². The molecule has 0 aromatic heterocycles. The van der Waals surface area contributed by atoms with Crippen molar-refractivity contribution in [3.05, 3.63) is 0 Å². The number of amides is 1. The first-order valence-corrected chi connectivity index (χ1v) is 9.23. The maximum atomic E-state index is 12.5. The second kappa shape index (κ2) is 7.69. The van der Waals surface area contributed by atoms with Gasteiger partial charge < -0.3 is 10.2 Å². The lowest BCUT2D eigenvalue weighted by atomic mass is 9.85. The topological polar surface area (TPSA) is 32.3 Å². The summed E-state index contributed by atoms with van der Waals surface area (Å²) in [5.41, 5.74) is 0. The predicted octanol–water partition coefficient (Wildman–Crippen LogP) is 2.61. The zero-order valence-electron chi connectivity index (χ0n) is 13.2. The maximum Gasteiger partial charge on any atom is 0.222 e. The summed E-state index contributed by atoms with van der Waals surface area (Å²) in [5.74, 6) is 3.35. The van der Waals surface area contributed by atoms with Crippen molar-refractivity contribution in [2.45, 2.75) is 45.3 Å². The van der Waals surface area contributed by atoms with Crippen molar-refractivity contribution in [3.8, 4) is 0 Å². The molecular formula is C16H30N2OS. The van der Waals surface area contributed by atoms with Gasteiger partial charge >= 0.3 is 0 Å². The van der Waals surface area contributed by atoms with E-state index in [1.165, 1.54) is 12.8 Å². The number of hydrogen-bond donors (Lipinski definition) is 1. The van der Waals surface area contributed by atoms with Gasteiger partial charge in [0.05, 0.1) is 0 Å². The first-order chi connectivity index (χ1) is 9.58. The lowest BCUT2D eigenvalue weighted by molar-refractivity contribution is -0.132. The van der Waals surface area contributed by atoms with Crippen LogP contribution in [0, 0.1) is 17.8 Å². The summed E-state index contributed by atoms with van der Waals surface area (Å²) >= 11 is 2.04. The van der Waals surface area contributed by atoms with Gasteiger partial charge in [-0.2, -0.15) is 11.8 Å². The number of carbonyl (C=O) groups excluding carboxylic acids is 1. The molecule has 4 heteroatoms. The first kappa shape index (κ1) is 16.2. The zero-order valence-corrected chi connectivity index (χ0v) is 14.0. The van der Waals surface area contributed by atoms with Crippen LogP contribution in [0.5, 0.6) is 0 Å². The summed E-state index contributed by atoms with van der Waals surface area (Å²) < 4.78 is 0. The van der Waals surface area contributed by atoms with Crippen LogP contribution in [0.25, 0.3) is 0 Å². The Bertz CT molecular complexity index is 316. The Morgan fingerprint density at radius 3 is 2.85 bits per heavy atom. The smallest absolute Gasteiger partial charge is 0.222 e. The van der Waals surface area contributed by atoms with Crippen molar-refractivity contribution in [1.82, 2.24) is 10.2 Å². The van der Waals surface area contributed by atoms with Crippen LogP contribution in [0.4, 0.5) is 0 Å². The van der Waals surface area contributed by atoms with E-state index in [0.717, 1.165) is 38.4 Å². The minimum Gasteiger partial charge on any atom is -0.341 e. The Labute approximate surface area is 128 Å². The molecule has 116 valence electrons. The third-order valence-electron chi connectivity index (χ3n) is 4.83. The van der Waals surface area contributed by atoms with Crippen LogP contribution in [0.2, 0.25) is 0 Å². The highest BCUT2D eigenvalue weighted by Gasteiger charge is 2.28. The Hall–Kier alpha value is -0.220. The maximum absolute atomic E-state index is 12.5. The lowest BCUT2D eigenvalue weighted by Crippen LogP contribution is -2.44. The van der Waals surface area contributed by atoms with E-state index in [-0.39, 0.29) is 0 Å². The molecule has 3 atom stereocenters. The molecule has 2 rings (SSSR count). The Morgan fingerprint density at radius 2 is 2.20 bits per heavy atom. The molecular weight excluding hydrogens is 268 g/mol. The average Bonchev–Trinajstić information content (AvgIpc) is 2.48. The molecule has 0 bridgehead atoms. The lowest BCUT2D eigenvalue weighted by Gasteiger charge is -2.36. The number of hydrogen-bond acceptors (Lipinski definition) is 3. The molecule has 2 heterocycles. The van der Waals surface area contributed by atoms with E-state index in [1.54, 1.807) is 0 Å². The molecule has 0 aromatic carbocycles. The summed E-state index contributed by atoms with van der Waals surface area (Å²) in [6, 6.07) is 0. The second-order valence-corrected chi connectivity index (χ2v) is 8.13. The number of rotatable bonds is 4. The van der Waals surface area contributed by atoms with E-state index in [1.807, 2.05) is 11.8 Å². The summed E-state index contributed by atoms with van der Waals surface area (Å²) in [6.07, 6.45) is 3.28. The monoisotopic (exact) mass is 298 g/mol. The number of thioether (sulfide) groups is 1. The summed E-state index contributed by atoms with van der Waals surface area (Å²) in [7, 11) is 0.